The van der Waals surface area contributed by atoms with Crippen molar-refractivity contribution in [1.82, 2.24) is 4.98 Å². The van der Waals surface area contributed by atoms with E-state index >= 15 is 0 Å². The second-order valence-electron chi connectivity index (χ2n) is 1.93. The van der Waals surface area contributed by atoms with Gasteiger partial charge in [0.25, 0.3) is 0 Å². The second kappa shape index (κ2) is 2.39. The normalized spacial score (nSPS) is 10.5. The van der Waals surface area contributed by atoms with Gasteiger partial charge in [0.1, 0.15) is 0 Å². The van der Waals surface area contributed by atoms with Crippen molar-refractivity contribution < 1.29 is 0 Å². The molecule has 0 fully saturated rings. The first-order valence-corrected chi connectivity index (χ1v) is 4.96. The number of halogens is 1. The Morgan fingerprint density at radius 1 is 1.30 bits per heavy atom. The zero-order valence-corrected chi connectivity index (χ0v) is 7.51. The van der Waals surface area contributed by atoms with Crippen LogP contribution in [0.15, 0.2) is 24.3 Å². The number of aromatic nitrogens is 1. The van der Waals surface area contributed by atoms with Crippen LogP contribution in [0, 0.1) is 0 Å². The third-order valence-corrected chi connectivity index (χ3v) is 3.48. The number of benzene rings is 1. The summed E-state index contributed by atoms with van der Waals surface area (Å²) >= 11 is 6.03. The minimum absolute atomic E-state index is 0.276. The Morgan fingerprint density at radius 2 is 2.10 bits per heavy atom. The van der Waals surface area contributed by atoms with E-state index in [1.165, 1.54) is 4.26 Å². The molecule has 0 bridgehead atoms. The van der Waals surface area contributed by atoms with E-state index in [0.717, 1.165) is 9.54 Å². The van der Waals surface area contributed by atoms with Crippen LogP contribution in [0.2, 0.25) is 4.03 Å². The molecule has 2 aromatic rings. The summed E-state index contributed by atoms with van der Waals surface area (Å²) in [5.74, 6) is 0. The first kappa shape index (κ1) is 6.41. The molecule has 0 amide bonds. The SMILES string of the molecule is Clc1nc2ccccc2[se]1. The van der Waals surface area contributed by atoms with Crippen LogP contribution in [0.25, 0.3) is 9.78 Å². The van der Waals surface area contributed by atoms with Gasteiger partial charge in [0.2, 0.25) is 0 Å². The fourth-order valence-electron chi connectivity index (χ4n) is 0.844. The summed E-state index contributed by atoms with van der Waals surface area (Å²) in [6.45, 7) is 0. The van der Waals surface area contributed by atoms with Crippen LogP contribution in [0.1, 0.15) is 0 Å². The van der Waals surface area contributed by atoms with E-state index in [1.54, 1.807) is 0 Å². The third-order valence-electron chi connectivity index (χ3n) is 1.27. The molecule has 1 nitrogen and oxygen atoms in total. The third kappa shape index (κ3) is 0.988. The van der Waals surface area contributed by atoms with E-state index in [2.05, 4.69) is 11.1 Å². The van der Waals surface area contributed by atoms with Crippen LogP contribution in [0.5, 0.6) is 0 Å². The van der Waals surface area contributed by atoms with E-state index < -0.39 is 0 Å². The van der Waals surface area contributed by atoms with Crippen molar-refractivity contribution in [3.8, 4) is 0 Å². The van der Waals surface area contributed by atoms with Gasteiger partial charge >= 0.3 is 69.2 Å². The molecular weight excluding hydrogens is 212 g/mol. The zero-order chi connectivity index (χ0) is 6.97. The van der Waals surface area contributed by atoms with Crippen LogP contribution in [-0.4, -0.2) is 19.5 Å². The van der Waals surface area contributed by atoms with Gasteiger partial charge in [0.15, 0.2) is 0 Å². The van der Waals surface area contributed by atoms with Crippen LogP contribution in [0.3, 0.4) is 0 Å². The Kier molecular flexibility index (Phi) is 1.53. The van der Waals surface area contributed by atoms with Gasteiger partial charge < -0.3 is 0 Å². The zero-order valence-electron chi connectivity index (χ0n) is 5.04. The standard InChI is InChI=1S/C7H4ClNSe/c8-7-9-5-3-1-2-4-6(5)10-7/h1-4H. The Balaban J connectivity index is 2.88. The van der Waals surface area contributed by atoms with Gasteiger partial charge in [-0.2, -0.15) is 0 Å². The summed E-state index contributed by atoms with van der Waals surface area (Å²) in [5, 5.41) is 0. The first-order chi connectivity index (χ1) is 4.86. The molecule has 0 saturated heterocycles. The maximum absolute atomic E-state index is 5.76. The number of hydrogen-bond acceptors (Lipinski definition) is 1. The van der Waals surface area contributed by atoms with E-state index in [9.17, 15) is 0 Å². The van der Waals surface area contributed by atoms with E-state index in [4.69, 9.17) is 11.6 Å². The van der Waals surface area contributed by atoms with Gasteiger partial charge in [0.05, 0.1) is 0 Å². The monoisotopic (exact) mass is 217 g/mol. The van der Waals surface area contributed by atoms with Crippen LogP contribution < -0.4 is 0 Å². The van der Waals surface area contributed by atoms with E-state index in [-0.39, 0.29) is 14.5 Å². The molecule has 0 aliphatic rings. The molecule has 0 aliphatic heterocycles. The van der Waals surface area contributed by atoms with Gasteiger partial charge in [-0.05, 0) is 0 Å². The van der Waals surface area contributed by atoms with Gasteiger partial charge in [-0.3, -0.25) is 0 Å². The molecule has 2 rings (SSSR count). The molecule has 1 aromatic heterocycles. The molecule has 0 aliphatic carbocycles. The topological polar surface area (TPSA) is 12.9 Å². The molecule has 0 saturated carbocycles. The average molecular weight is 217 g/mol. The maximum atomic E-state index is 5.76. The van der Waals surface area contributed by atoms with Gasteiger partial charge in [-0.1, -0.05) is 0 Å². The summed E-state index contributed by atoms with van der Waals surface area (Å²) in [5.41, 5.74) is 1.05. The minimum atomic E-state index is 0.276. The molecule has 0 radical (unpaired) electrons. The summed E-state index contributed by atoms with van der Waals surface area (Å²) in [7, 11) is 0. The summed E-state index contributed by atoms with van der Waals surface area (Å²) < 4.78 is 2.05. The van der Waals surface area contributed by atoms with Crippen molar-refractivity contribution in [2.24, 2.45) is 0 Å². The number of fused-ring (bicyclic) bond motifs is 1. The average Bonchev–Trinajstić information content (AvgIpc) is 2.27. The molecule has 1 heterocycles. The fraction of sp³-hybridized carbons (Fsp3) is 0. The number of nitrogens with zero attached hydrogens (tertiary/aromatic N) is 1. The molecule has 0 spiro atoms. The Bertz CT molecular complexity index is 322. The summed E-state index contributed by atoms with van der Waals surface area (Å²) in [6.07, 6.45) is 0. The number of para-hydroxylation sites is 1. The quantitative estimate of drug-likeness (QED) is 0.614. The number of rotatable bonds is 0. The predicted octanol–water partition coefficient (Wildman–Crippen LogP) is 1.95. The predicted molar refractivity (Wildman–Crippen MR) is 43.7 cm³/mol. The van der Waals surface area contributed by atoms with Crippen molar-refractivity contribution in [3.05, 3.63) is 28.3 Å². The molecule has 50 valence electrons. The van der Waals surface area contributed by atoms with Gasteiger partial charge in [-0.15, -0.1) is 0 Å². The van der Waals surface area contributed by atoms with Crippen molar-refractivity contribution >= 4 is 35.9 Å². The van der Waals surface area contributed by atoms with Crippen LogP contribution in [-0.2, 0) is 0 Å². The van der Waals surface area contributed by atoms with Crippen molar-refractivity contribution in [2.75, 3.05) is 0 Å². The Hall–Kier alpha value is -0.301. The van der Waals surface area contributed by atoms with Crippen LogP contribution in [0.4, 0.5) is 0 Å². The fourth-order valence-corrected chi connectivity index (χ4v) is 2.82. The van der Waals surface area contributed by atoms with Gasteiger partial charge in [0, 0.05) is 0 Å². The molecule has 10 heavy (non-hydrogen) atoms. The number of hydrogen-bond donors (Lipinski definition) is 0. The van der Waals surface area contributed by atoms with Crippen molar-refractivity contribution in [2.45, 2.75) is 0 Å². The van der Waals surface area contributed by atoms with Crippen molar-refractivity contribution in [3.63, 3.8) is 0 Å². The summed E-state index contributed by atoms with van der Waals surface area (Å²) in [4.78, 5) is 4.16. The van der Waals surface area contributed by atoms with E-state index in [0.29, 0.717) is 0 Å². The molecule has 0 N–H and O–H groups in total. The second-order valence-corrected chi connectivity index (χ2v) is 4.96. The van der Waals surface area contributed by atoms with Crippen LogP contribution >= 0.6 is 11.6 Å². The molecule has 3 heteroatoms. The summed E-state index contributed by atoms with van der Waals surface area (Å²) in [6, 6.07) is 8.07. The first-order valence-electron chi connectivity index (χ1n) is 2.87. The Morgan fingerprint density at radius 3 is 2.90 bits per heavy atom. The molecule has 1 aromatic carbocycles. The Labute approximate surface area is 69.4 Å². The molecular formula is C7H4ClNSe. The van der Waals surface area contributed by atoms with E-state index in [1.807, 2.05) is 18.2 Å². The van der Waals surface area contributed by atoms with Gasteiger partial charge in [-0.25, -0.2) is 0 Å². The molecule has 0 unspecified atom stereocenters. The van der Waals surface area contributed by atoms with Crippen molar-refractivity contribution in [1.29, 1.82) is 0 Å². The molecule has 0 atom stereocenters.